The zero-order valence-corrected chi connectivity index (χ0v) is 13.0. The van der Waals surface area contributed by atoms with Crippen LogP contribution in [-0.4, -0.2) is 35.1 Å². The average molecular weight is 299 g/mol. The molecule has 2 aromatic rings. The number of hydrogen-bond donors (Lipinski definition) is 1. The van der Waals surface area contributed by atoms with Crippen molar-refractivity contribution in [2.24, 2.45) is 5.73 Å². The van der Waals surface area contributed by atoms with Crippen LogP contribution in [0.15, 0.2) is 34.9 Å². The van der Waals surface area contributed by atoms with Gasteiger partial charge in [-0.15, -0.1) is 0 Å². The third-order valence-corrected chi connectivity index (χ3v) is 4.35. The minimum absolute atomic E-state index is 0.0236. The van der Waals surface area contributed by atoms with Gasteiger partial charge in [0.05, 0.1) is 5.69 Å². The van der Waals surface area contributed by atoms with E-state index in [-0.39, 0.29) is 17.9 Å². The maximum absolute atomic E-state index is 12.8. The number of nitrogens with zero attached hydrogens (tertiary/aromatic N) is 2. The van der Waals surface area contributed by atoms with Crippen molar-refractivity contribution in [3.8, 4) is 0 Å². The number of benzene rings is 1. The van der Waals surface area contributed by atoms with E-state index in [4.69, 9.17) is 10.3 Å². The number of amides is 1. The third kappa shape index (κ3) is 2.52. The summed E-state index contributed by atoms with van der Waals surface area (Å²) in [7, 11) is 0. The van der Waals surface area contributed by atoms with E-state index in [0.717, 1.165) is 0 Å². The fourth-order valence-corrected chi connectivity index (χ4v) is 3.14. The second kappa shape index (κ2) is 5.93. The van der Waals surface area contributed by atoms with Crippen LogP contribution < -0.4 is 5.73 Å². The molecule has 1 amide bonds. The minimum atomic E-state index is -0.0448. The molecule has 1 aliphatic heterocycles. The molecule has 0 aliphatic carbocycles. The van der Waals surface area contributed by atoms with E-state index < -0.39 is 0 Å². The van der Waals surface area contributed by atoms with Crippen molar-refractivity contribution in [2.75, 3.05) is 13.1 Å². The van der Waals surface area contributed by atoms with Crippen molar-refractivity contribution in [1.82, 2.24) is 10.1 Å². The normalized spacial score (nSPS) is 21.3. The summed E-state index contributed by atoms with van der Waals surface area (Å²) in [4.78, 5) is 14.6. The van der Waals surface area contributed by atoms with E-state index in [9.17, 15) is 4.79 Å². The predicted molar refractivity (Wildman–Crippen MR) is 83.7 cm³/mol. The Morgan fingerprint density at radius 1 is 1.36 bits per heavy atom. The van der Waals surface area contributed by atoms with E-state index in [1.165, 1.54) is 5.56 Å². The van der Waals surface area contributed by atoms with Gasteiger partial charge in [0, 0.05) is 31.5 Å². The van der Waals surface area contributed by atoms with E-state index in [1.807, 2.05) is 30.0 Å². The highest BCUT2D eigenvalue weighted by Crippen LogP contribution is 2.28. The Morgan fingerprint density at radius 2 is 2.09 bits per heavy atom. The number of carbonyl (C=O) groups excluding carboxylic acids is 1. The predicted octanol–water partition coefficient (Wildman–Crippen LogP) is 2.11. The highest BCUT2D eigenvalue weighted by Gasteiger charge is 2.36. The molecule has 2 heterocycles. The molecule has 1 aromatic carbocycles. The SMILES string of the molecule is CCc1onc(C)c1C(=O)N1C[C@@H](N)[C@H](c2ccccc2)C1. The monoisotopic (exact) mass is 299 g/mol. The first kappa shape index (κ1) is 14.8. The molecule has 2 atom stereocenters. The van der Waals surface area contributed by atoms with Crippen LogP contribution in [0.2, 0.25) is 0 Å². The van der Waals surface area contributed by atoms with E-state index >= 15 is 0 Å². The van der Waals surface area contributed by atoms with Gasteiger partial charge in [0.15, 0.2) is 0 Å². The standard InChI is InChI=1S/C17H21N3O2/c1-3-15-16(11(2)19-22-15)17(21)20-9-13(14(18)10-20)12-7-5-4-6-8-12/h4-8,13-14H,3,9-10,18H2,1-2H3/t13-,14+/m0/s1. The lowest BCUT2D eigenvalue weighted by molar-refractivity contribution is 0.0786. The number of aromatic nitrogens is 1. The van der Waals surface area contributed by atoms with Crippen molar-refractivity contribution >= 4 is 5.91 Å². The highest BCUT2D eigenvalue weighted by atomic mass is 16.5. The Hall–Kier alpha value is -2.14. The van der Waals surface area contributed by atoms with Gasteiger partial charge in [-0.3, -0.25) is 4.79 Å². The maximum atomic E-state index is 12.8. The largest absolute Gasteiger partial charge is 0.360 e. The second-order valence-corrected chi connectivity index (χ2v) is 5.81. The first-order valence-corrected chi connectivity index (χ1v) is 7.66. The van der Waals surface area contributed by atoms with E-state index in [2.05, 4.69) is 17.3 Å². The Labute approximate surface area is 130 Å². The first-order valence-electron chi connectivity index (χ1n) is 7.66. The van der Waals surface area contributed by atoms with Gasteiger partial charge in [-0.1, -0.05) is 42.4 Å². The molecule has 22 heavy (non-hydrogen) atoms. The number of likely N-dealkylation sites (tertiary alicyclic amines) is 1. The molecule has 0 bridgehead atoms. The summed E-state index contributed by atoms with van der Waals surface area (Å²) in [6, 6.07) is 10.1. The molecular formula is C17H21N3O2. The number of nitrogens with two attached hydrogens (primary N) is 1. The fourth-order valence-electron chi connectivity index (χ4n) is 3.14. The van der Waals surface area contributed by atoms with Gasteiger partial charge in [0.25, 0.3) is 5.91 Å². The van der Waals surface area contributed by atoms with Gasteiger partial charge in [-0.2, -0.15) is 0 Å². The zero-order valence-electron chi connectivity index (χ0n) is 13.0. The number of rotatable bonds is 3. The van der Waals surface area contributed by atoms with Gasteiger partial charge in [-0.25, -0.2) is 0 Å². The van der Waals surface area contributed by atoms with Crippen molar-refractivity contribution in [3.63, 3.8) is 0 Å². The second-order valence-electron chi connectivity index (χ2n) is 5.81. The Kier molecular flexibility index (Phi) is 3.98. The quantitative estimate of drug-likeness (QED) is 0.942. The molecule has 1 aromatic heterocycles. The molecule has 0 saturated carbocycles. The molecule has 0 unspecified atom stereocenters. The number of aryl methyl sites for hydroxylation is 2. The van der Waals surface area contributed by atoms with Crippen LogP contribution in [-0.2, 0) is 6.42 Å². The molecule has 1 saturated heterocycles. The van der Waals surface area contributed by atoms with Gasteiger partial charge in [0.1, 0.15) is 11.3 Å². The molecule has 5 nitrogen and oxygen atoms in total. The number of hydrogen-bond acceptors (Lipinski definition) is 4. The van der Waals surface area contributed by atoms with Gasteiger partial charge < -0.3 is 15.2 Å². The molecule has 5 heteroatoms. The first-order chi connectivity index (χ1) is 10.6. The van der Waals surface area contributed by atoms with E-state index in [1.54, 1.807) is 6.92 Å². The van der Waals surface area contributed by atoms with Crippen molar-refractivity contribution in [2.45, 2.75) is 32.2 Å². The topological polar surface area (TPSA) is 72.4 Å². The summed E-state index contributed by atoms with van der Waals surface area (Å²) >= 11 is 0. The summed E-state index contributed by atoms with van der Waals surface area (Å²) in [5.41, 5.74) is 8.70. The van der Waals surface area contributed by atoms with Gasteiger partial charge in [0.2, 0.25) is 0 Å². The molecule has 3 rings (SSSR count). The summed E-state index contributed by atoms with van der Waals surface area (Å²) < 4.78 is 5.23. The summed E-state index contributed by atoms with van der Waals surface area (Å²) in [5.74, 6) is 0.805. The van der Waals surface area contributed by atoms with Crippen LogP contribution in [0.25, 0.3) is 0 Å². The minimum Gasteiger partial charge on any atom is -0.360 e. The summed E-state index contributed by atoms with van der Waals surface area (Å²) in [6.45, 7) is 4.96. The van der Waals surface area contributed by atoms with Crippen LogP contribution in [0.3, 0.4) is 0 Å². The van der Waals surface area contributed by atoms with Crippen LogP contribution in [0.4, 0.5) is 0 Å². The Morgan fingerprint density at radius 3 is 2.77 bits per heavy atom. The van der Waals surface area contributed by atoms with E-state index in [0.29, 0.717) is 36.5 Å². The summed E-state index contributed by atoms with van der Waals surface area (Å²) in [5, 5.41) is 3.92. The van der Waals surface area contributed by atoms with Crippen LogP contribution >= 0.6 is 0 Å². The lowest BCUT2D eigenvalue weighted by Crippen LogP contribution is -2.32. The molecule has 0 spiro atoms. The lowest BCUT2D eigenvalue weighted by atomic mass is 9.95. The lowest BCUT2D eigenvalue weighted by Gasteiger charge is -2.16. The Bertz CT molecular complexity index is 666. The van der Waals surface area contributed by atoms with Crippen molar-refractivity contribution in [3.05, 3.63) is 52.9 Å². The molecule has 2 N–H and O–H groups in total. The molecule has 1 fully saturated rings. The van der Waals surface area contributed by atoms with Gasteiger partial charge >= 0.3 is 0 Å². The van der Waals surface area contributed by atoms with Crippen LogP contribution in [0.1, 0.15) is 40.2 Å². The smallest absolute Gasteiger partial charge is 0.259 e. The fraction of sp³-hybridized carbons (Fsp3) is 0.412. The third-order valence-electron chi connectivity index (χ3n) is 4.35. The molecule has 1 aliphatic rings. The van der Waals surface area contributed by atoms with Gasteiger partial charge in [-0.05, 0) is 12.5 Å². The number of carbonyl (C=O) groups is 1. The van der Waals surface area contributed by atoms with Crippen molar-refractivity contribution in [1.29, 1.82) is 0 Å². The Balaban J connectivity index is 1.82. The van der Waals surface area contributed by atoms with Crippen molar-refractivity contribution < 1.29 is 9.32 Å². The molecule has 116 valence electrons. The zero-order chi connectivity index (χ0) is 15.7. The highest BCUT2D eigenvalue weighted by molar-refractivity contribution is 5.96. The molecule has 0 radical (unpaired) electrons. The van der Waals surface area contributed by atoms with Crippen LogP contribution in [0, 0.1) is 6.92 Å². The maximum Gasteiger partial charge on any atom is 0.259 e. The van der Waals surface area contributed by atoms with Crippen LogP contribution in [0.5, 0.6) is 0 Å². The average Bonchev–Trinajstić information content (AvgIpc) is 3.10. The molecular weight excluding hydrogens is 278 g/mol. The summed E-state index contributed by atoms with van der Waals surface area (Å²) in [6.07, 6.45) is 0.657.